The average molecular weight is 373 g/mol. The van der Waals surface area contributed by atoms with E-state index < -0.39 is 5.97 Å². The van der Waals surface area contributed by atoms with Crippen LogP contribution in [0.15, 0.2) is 47.3 Å². The molecule has 2 aromatic carbocycles. The summed E-state index contributed by atoms with van der Waals surface area (Å²) in [7, 11) is 1.48. The first-order valence-corrected chi connectivity index (χ1v) is 8.55. The van der Waals surface area contributed by atoms with Gasteiger partial charge in [-0.3, -0.25) is 19.0 Å². The Morgan fingerprint density at radius 3 is 2.54 bits per heavy atom. The van der Waals surface area contributed by atoms with Crippen molar-refractivity contribution in [2.75, 3.05) is 13.7 Å². The van der Waals surface area contributed by atoms with Crippen molar-refractivity contribution < 1.29 is 19.1 Å². The molecule has 0 aliphatic heterocycles. The molecule has 4 rings (SSSR count). The summed E-state index contributed by atoms with van der Waals surface area (Å²) in [4.78, 5) is 38.6. The first-order valence-electron chi connectivity index (χ1n) is 8.55. The highest BCUT2D eigenvalue weighted by molar-refractivity contribution is 6.27. The van der Waals surface area contributed by atoms with Crippen LogP contribution < -0.4 is 10.3 Å². The van der Waals surface area contributed by atoms with Gasteiger partial charge in [0.05, 0.1) is 23.9 Å². The lowest BCUT2D eigenvalue weighted by Gasteiger charge is -2.14. The molecule has 0 fully saturated rings. The minimum atomic E-state index is -0.652. The van der Waals surface area contributed by atoms with Gasteiger partial charge in [-0.1, -0.05) is 36.3 Å². The zero-order valence-corrected chi connectivity index (χ0v) is 15.0. The van der Waals surface area contributed by atoms with E-state index in [1.54, 1.807) is 42.5 Å². The second kappa shape index (κ2) is 6.71. The number of rotatable bonds is 4. The number of nitrogens with zero attached hydrogens (tertiary/aromatic N) is 1. The molecule has 138 valence electrons. The van der Waals surface area contributed by atoms with Gasteiger partial charge in [0.1, 0.15) is 12.3 Å². The highest BCUT2D eigenvalue weighted by atomic mass is 16.5. The molecule has 0 N–H and O–H groups in total. The molecule has 3 aromatic rings. The average Bonchev–Trinajstić information content (AvgIpc) is 3.02. The Morgan fingerprint density at radius 1 is 1.07 bits per heavy atom. The van der Waals surface area contributed by atoms with E-state index in [4.69, 9.17) is 15.9 Å². The fourth-order valence-corrected chi connectivity index (χ4v) is 3.61. The molecule has 0 saturated heterocycles. The number of ketones is 1. The van der Waals surface area contributed by atoms with E-state index in [1.165, 1.54) is 11.7 Å². The summed E-state index contributed by atoms with van der Waals surface area (Å²) in [5, 5.41) is 0.894. The number of hydrogen-bond acceptors (Lipinski definition) is 5. The van der Waals surface area contributed by atoms with Crippen LogP contribution in [0.25, 0.3) is 22.0 Å². The van der Waals surface area contributed by atoms with Gasteiger partial charge in [0.2, 0.25) is 0 Å². The zero-order chi connectivity index (χ0) is 19.8. The van der Waals surface area contributed by atoms with Gasteiger partial charge in [0.25, 0.3) is 5.56 Å². The van der Waals surface area contributed by atoms with Crippen LogP contribution in [0.1, 0.15) is 15.9 Å². The Morgan fingerprint density at radius 2 is 1.82 bits per heavy atom. The van der Waals surface area contributed by atoms with Gasteiger partial charge >= 0.3 is 5.97 Å². The smallest absolute Gasteiger partial charge is 0.327 e. The Kier molecular flexibility index (Phi) is 4.21. The number of carbonyl (C=O) groups is 2. The summed E-state index contributed by atoms with van der Waals surface area (Å²) < 4.78 is 11.6. The monoisotopic (exact) mass is 373 g/mol. The van der Waals surface area contributed by atoms with Crippen LogP contribution >= 0.6 is 0 Å². The largest absolute Gasteiger partial charge is 0.496 e. The van der Waals surface area contributed by atoms with Crippen LogP contribution in [0.5, 0.6) is 5.75 Å². The third-order valence-electron chi connectivity index (χ3n) is 4.74. The molecule has 0 bridgehead atoms. The second-order valence-electron chi connectivity index (χ2n) is 6.24. The van der Waals surface area contributed by atoms with Crippen LogP contribution in [0.2, 0.25) is 0 Å². The summed E-state index contributed by atoms with van der Waals surface area (Å²) in [6.07, 6.45) is 5.12. The first-order chi connectivity index (χ1) is 13.6. The van der Waals surface area contributed by atoms with Gasteiger partial charge < -0.3 is 9.47 Å². The van der Waals surface area contributed by atoms with Gasteiger partial charge in [0, 0.05) is 16.3 Å². The van der Waals surface area contributed by atoms with Gasteiger partial charge in [-0.25, -0.2) is 0 Å². The molecule has 0 spiro atoms. The molecular weight excluding hydrogens is 358 g/mol. The van der Waals surface area contributed by atoms with Crippen LogP contribution in [0, 0.1) is 12.3 Å². The lowest BCUT2D eigenvalue weighted by Crippen LogP contribution is -2.27. The van der Waals surface area contributed by atoms with Gasteiger partial charge in [-0.15, -0.1) is 6.42 Å². The summed E-state index contributed by atoms with van der Waals surface area (Å²) >= 11 is 0. The maximum Gasteiger partial charge on any atom is 0.327 e. The molecule has 0 amide bonds. The minimum Gasteiger partial charge on any atom is -0.496 e. The van der Waals surface area contributed by atoms with Crippen molar-refractivity contribution in [3.05, 3.63) is 63.9 Å². The van der Waals surface area contributed by atoms with E-state index >= 15 is 0 Å². The number of ether oxygens (including phenoxy) is 2. The van der Waals surface area contributed by atoms with Crippen molar-refractivity contribution in [1.82, 2.24) is 4.57 Å². The molecule has 1 aliphatic carbocycles. The fraction of sp³-hybridized carbons (Fsp3) is 0.136. The number of benzene rings is 2. The van der Waals surface area contributed by atoms with Crippen molar-refractivity contribution >= 4 is 22.5 Å². The number of carbonyl (C=O) groups excluding carboxylic acids is 2. The lowest BCUT2D eigenvalue weighted by molar-refractivity contribution is -0.142. The molecule has 0 radical (unpaired) electrons. The van der Waals surface area contributed by atoms with Crippen molar-refractivity contribution in [3.63, 3.8) is 0 Å². The van der Waals surface area contributed by atoms with Crippen LogP contribution in [0.3, 0.4) is 0 Å². The van der Waals surface area contributed by atoms with E-state index in [2.05, 4.69) is 5.92 Å². The van der Waals surface area contributed by atoms with E-state index in [0.717, 1.165) is 0 Å². The van der Waals surface area contributed by atoms with Crippen molar-refractivity contribution in [1.29, 1.82) is 0 Å². The predicted octanol–water partition coefficient (Wildman–Crippen LogP) is 2.40. The summed E-state index contributed by atoms with van der Waals surface area (Å²) in [6, 6.07) is 12.0. The predicted molar refractivity (Wildman–Crippen MR) is 103 cm³/mol. The van der Waals surface area contributed by atoms with Crippen LogP contribution in [-0.2, 0) is 16.1 Å². The lowest BCUT2D eigenvalue weighted by atomic mass is 10.0. The zero-order valence-electron chi connectivity index (χ0n) is 15.0. The van der Waals surface area contributed by atoms with Crippen molar-refractivity contribution in [2.24, 2.45) is 0 Å². The number of terminal acetylenes is 1. The molecule has 1 heterocycles. The van der Waals surface area contributed by atoms with Crippen molar-refractivity contribution in [3.8, 4) is 29.4 Å². The maximum atomic E-state index is 13.3. The highest BCUT2D eigenvalue weighted by Crippen LogP contribution is 2.42. The van der Waals surface area contributed by atoms with E-state index in [1.807, 2.05) is 0 Å². The number of methoxy groups -OCH3 is 1. The quantitative estimate of drug-likeness (QED) is 0.406. The Hall–Kier alpha value is -3.85. The van der Waals surface area contributed by atoms with E-state index in [9.17, 15) is 14.4 Å². The number of pyridine rings is 1. The third-order valence-corrected chi connectivity index (χ3v) is 4.74. The Bertz CT molecular complexity index is 1250. The van der Waals surface area contributed by atoms with Crippen LogP contribution in [0.4, 0.5) is 0 Å². The molecule has 6 nitrogen and oxygen atoms in total. The Balaban J connectivity index is 2.05. The molecule has 6 heteroatoms. The molecule has 28 heavy (non-hydrogen) atoms. The normalized spacial score (nSPS) is 11.6. The van der Waals surface area contributed by atoms with Gasteiger partial charge in [-0.2, -0.15) is 0 Å². The SMILES string of the molecule is C#CCOC(=O)Cn1c2c(c3ccccc3c1=O)C(=O)c1c(OC)cccc1-2. The van der Waals surface area contributed by atoms with E-state index in [-0.39, 0.29) is 24.5 Å². The molecule has 0 unspecified atom stereocenters. The van der Waals surface area contributed by atoms with Crippen LogP contribution in [-0.4, -0.2) is 30.0 Å². The number of aromatic nitrogens is 1. The standard InChI is InChI=1S/C22H15NO5/c1-3-11-28-17(24)12-23-20-15-9-6-10-16(27-2)18(15)21(25)19(20)13-7-4-5-8-14(13)22(23)26/h1,4-10H,11-12H2,2H3. The van der Waals surface area contributed by atoms with Gasteiger partial charge in [0.15, 0.2) is 12.4 Å². The molecular formula is C22H15NO5. The molecule has 0 atom stereocenters. The summed E-state index contributed by atoms with van der Waals surface area (Å²) in [5.74, 6) is 1.73. The summed E-state index contributed by atoms with van der Waals surface area (Å²) in [5.41, 5.74) is 1.31. The highest BCUT2D eigenvalue weighted by Gasteiger charge is 2.35. The topological polar surface area (TPSA) is 74.6 Å². The number of fused-ring (bicyclic) bond motifs is 5. The van der Waals surface area contributed by atoms with E-state index in [0.29, 0.717) is 38.9 Å². The van der Waals surface area contributed by atoms with Gasteiger partial charge in [-0.05, 0) is 12.1 Å². The minimum absolute atomic E-state index is 0.188. The maximum absolute atomic E-state index is 13.3. The Labute approximate surface area is 160 Å². The first kappa shape index (κ1) is 17.6. The fourth-order valence-electron chi connectivity index (χ4n) is 3.61. The second-order valence-corrected chi connectivity index (χ2v) is 6.24. The number of esters is 1. The number of hydrogen-bond donors (Lipinski definition) is 0. The molecule has 1 aliphatic rings. The molecule has 0 saturated carbocycles. The molecule has 1 aromatic heterocycles. The third kappa shape index (κ3) is 2.48. The van der Waals surface area contributed by atoms with Crippen molar-refractivity contribution in [2.45, 2.75) is 6.54 Å². The summed E-state index contributed by atoms with van der Waals surface area (Å²) in [6.45, 7) is -0.537.